The largest absolute Gasteiger partial charge is 0.508 e. The third kappa shape index (κ3) is 2.40. The molecule has 7 heteroatoms. The van der Waals surface area contributed by atoms with Gasteiger partial charge < -0.3 is 16.2 Å². The lowest BCUT2D eigenvalue weighted by Crippen LogP contribution is -2.04. The average molecular weight is 344 g/mol. The second kappa shape index (κ2) is 6.01. The molecule has 0 spiro atoms. The molecule has 0 aliphatic heterocycles. The second-order valence-corrected chi connectivity index (χ2v) is 6.03. The molecular weight excluding hydrogens is 328 g/mol. The van der Waals surface area contributed by atoms with Crippen LogP contribution in [0.1, 0.15) is 23.6 Å². The highest BCUT2D eigenvalue weighted by molar-refractivity contribution is 5.88. The van der Waals surface area contributed by atoms with E-state index < -0.39 is 0 Å². The summed E-state index contributed by atoms with van der Waals surface area (Å²) < 4.78 is 0. The molecule has 0 saturated heterocycles. The van der Waals surface area contributed by atoms with Gasteiger partial charge in [0.05, 0.1) is 5.69 Å². The minimum atomic E-state index is 0.179. The van der Waals surface area contributed by atoms with E-state index in [1.54, 1.807) is 24.5 Å². The molecule has 1 aliphatic rings. The molecule has 2 aromatic heterocycles. The van der Waals surface area contributed by atoms with Gasteiger partial charge in [-0.1, -0.05) is 0 Å². The SMILES string of the molecule is CCNc1ncc(-c2c(C#N)c(N)nc3c2Cc2cc(O)ccc2-3)cn1. The molecule has 2 heterocycles. The molecule has 0 saturated carbocycles. The Morgan fingerprint density at radius 1 is 1.31 bits per heavy atom. The Kier molecular flexibility index (Phi) is 3.66. The number of nitrogens with zero attached hydrogens (tertiary/aromatic N) is 4. The van der Waals surface area contributed by atoms with E-state index in [-0.39, 0.29) is 11.6 Å². The predicted octanol–water partition coefficient (Wildman–Crippen LogP) is 2.70. The van der Waals surface area contributed by atoms with Gasteiger partial charge in [0.25, 0.3) is 0 Å². The van der Waals surface area contributed by atoms with Gasteiger partial charge in [0.2, 0.25) is 5.95 Å². The first kappa shape index (κ1) is 15.8. The quantitative estimate of drug-likeness (QED) is 0.522. The van der Waals surface area contributed by atoms with Gasteiger partial charge in [-0.3, -0.25) is 0 Å². The molecule has 0 atom stereocenters. The molecule has 4 N–H and O–H groups in total. The van der Waals surface area contributed by atoms with E-state index >= 15 is 0 Å². The average Bonchev–Trinajstić information content (AvgIpc) is 2.98. The van der Waals surface area contributed by atoms with Crippen LogP contribution in [0.4, 0.5) is 11.8 Å². The van der Waals surface area contributed by atoms with Gasteiger partial charge in [-0.2, -0.15) is 5.26 Å². The van der Waals surface area contributed by atoms with Crippen LogP contribution < -0.4 is 11.1 Å². The maximum atomic E-state index is 9.77. The van der Waals surface area contributed by atoms with Gasteiger partial charge in [-0.25, -0.2) is 15.0 Å². The molecule has 0 bridgehead atoms. The Labute approximate surface area is 150 Å². The number of nitrogen functional groups attached to an aromatic ring is 1. The third-order valence-corrected chi connectivity index (χ3v) is 4.42. The van der Waals surface area contributed by atoms with Crippen LogP contribution >= 0.6 is 0 Å². The van der Waals surface area contributed by atoms with Gasteiger partial charge in [0.1, 0.15) is 23.2 Å². The zero-order valence-corrected chi connectivity index (χ0v) is 14.1. The minimum absolute atomic E-state index is 0.179. The summed E-state index contributed by atoms with van der Waals surface area (Å²) in [7, 11) is 0. The lowest BCUT2D eigenvalue weighted by Gasteiger charge is -2.12. The van der Waals surface area contributed by atoms with Crippen molar-refractivity contribution in [2.75, 3.05) is 17.6 Å². The van der Waals surface area contributed by atoms with Crippen LogP contribution in [0.2, 0.25) is 0 Å². The lowest BCUT2D eigenvalue weighted by molar-refractivity contribution is 0.475. The fourth-order valence-electron chi connectivity index (χ4n) is 3.32. The fraction of sp³-hybridized carbons (Fsp3) is 0.158. The van der Waals surface area contributed by atoms with E-state index in [1.807, 2.05) is 13.0 Å². The van der Waals surface area contributed by atoms with Crippen LogP contribution in [0, 0.1) is 11.3 Å². The molecule has 3 aromatic rings. The van der Waals surface area contributed by atoms with Crippen LogP contribution in [0.15, 0.2) is 30.6 Å². The van der Waals surface area contributed by atoms with Gasteiger partial charge in [0.15, 0.2) is 0 Å². The van der Waals surface area contributed by atoms with E-state index in [9.17, 15) is 10.4 Å². The Morgan fingerprint density at radius 3 is 2.77 bits per heavy atom. The van der Waals surface area contributed by atoms with Crippen LogP contribution in [-0.2, 0) is 6.42 Å². The zero-order chi connectivity index (χ0) is 18.3. The van der Waals surface area contributed by atoms with Crippen molar-refractivity contribution in [1.29, 1.82) is 5.26 Å². The third-order valence-electron chi connectivity index (χ3n) is 4.42. The first-order valence-electron chi connectivity index (χ1n) is 8.23. The van der Waals surface area contributed by atoms with Gasteiger partial charge in [-0.15, -0.1) is 0 Å². The molecule has 26 heavy (non-hydrogen) atoms. The molecule has 1 aliphatic carbocycles. The Balaban J connectivity index is 1.93. The topological polar surface area (TPSA) is 121 Å². The first-order chi connectivity index (χ1) is 12.6. The monoisotopic (exact) mass is 344 g/mol. The predicted molar refractivity (Wildman–Crippen MR) is 98.5 cm³/mol. The molecule has 4 rings (SSSR count). The summed E-state index contributed by atoms with van der Waals surface area (Å²) in [5.74, 6) is 0.907. The number of benzene rings is 1. The number of aromatic nitrogens is 3. The van der Waals surface area contributed by atoms with Crippen molar-refractivity contribution in [1.82, 2.24) is 15.0 Å². The number of phenols is 1. The number of aromatic hydroxyl groups is 1. The highest BCUT2D eigenvalue weighted by Gasteiger charge is 2.27. The zero-order valence-electron chi connectivity index (χ0n) is 14.1. The number of pyridine rings is 1. The Bertz CT molecular complexity index is 1050. The molecule has 0 radical (unpaired) electrons. The van der Waals surface area contributed by atoms with E-state index in [0.29, 0.717) is 29.1 Å². The van der Waals surface area contributed by atoms with Crippen LogP contribution in [-0.4, -0.2) is 26.6 Å². The number of nitrogens with two attached hydrogens (primary N) is 1. The highest BCUT2D eigenvalue weighted by atomic mass is 16.3. The minimum Gasteiger partial charge on any atom is -0.508 e. The van der Waals surface area contributed by atoms with E-state index in [1.165, 1.54) is 0 Å². The maximum absolute atomic E-state index is 9.77. The number of hydrogen-bond donors (Lipinski definition) is 3. The number of nitrogens with one attached hydrogen (secondary N) is 1. The Morgan fingerprint density at radius 2 is 2.08 bits per heavy atom. The van der Waals surface area contributed by atoms with Crippen LogP contribution in [0.25, 0.3) is 22.4 Å². The van der Waals surface area contributed by atoms with Crippen molar-refractivity contribution in [3.8, 4) is 34.2 Å². The standard InChI is InChI=1S/C19H16N6O/c1-2-22-19-23-8-11(9-24-19)16-14-6-10-5-12(26)3-4-13(10)17(14)25-18(21)15(16)7-20/h3-5,8-9,26H,2,6H2,1H3,(H2,21,25)(H,22,23,24). The summed E-state index contributed by atoms with van der Waals surface area (Å²) in [5, 5.41) is 22.4. The van der Waals surface area contributed by atoms with Gasteiger partial charge >= 0.3 is 0 Å². The summed E-state index contributed by atoms with van der Waals surface area (Å²) in [5.41, 5.74) is 11.3. The van der Waals surface area contributed by atoms with Crippen molar-refractivity contribution < 1.29 is 5.11 Å². The van der Waals surface area contributed by atoms with Crippen LogP contribution in [0.3, 0.4) is 0 Å². The highest BCUT2D eigenvalue weighted by Crippen LogP contribution is 2.44. The van der Waals surface area contributed by atoms with Gasteiger partial charge in [0, 0.05) is 42.0 Å². The van der Waals surface area contributed by atoms with Crippen molar-refractivity contribution in [2.24, 2.45) is 0 Å². The first-order valence-corrected chi connectivity index (χ1v) is 8.23. The molecule has 128 valence electrons. The number of hydrogen-bond acceptors (Lipinski definition) is 7. The molecule has 1 aromatic carbocycles. The summed E-state index contributed by atoms with van der Waals surface area (Å²) in [4.78, 5) is 13.1. The number of fused-ring (bicyclic) bond motifs is 3. The number of rotatable bonds is 3. The summed E-state index contributed by atoms with van der Waals surface area (Å²) in [6, 6.07) is 7.32. The van der Waals surface area contributed by atoms with Crippen LogP contribution in [0.5, 0.6) is 5.75 Å². The van der Waals surface area contributed by atoms with Crippen molar-refractivity contribution >= 4 is 11.8 Å². The normalized spacial score (nSPS) is 11.5. The summed E-state index contributed by atoms with van der Waals surface area (Å²) in [6.07, 6.45) is 3.92. The van der Waals surface area contributed by atoms with E-state index in [0.717, 1.165) is 28.9 Å². The maximum Gasteiger partial charge on any atom is 0.222 e. The van der Waals surface area contributed by atoms with Crippen molar-refractivity contribution in [3.63, 3.8) is 0 Å². The smallest absolute Gasteiger partial charge is 0.222 e. The Hall–Kier alpha value is -3.66. The lowest BCUT2D eigenvalue weighted by atomic mass is 9.96. The fourth-order valence-corrected chi connectivity index (χ4v) is 3.32. The number of phenolic OH excluding ortho intramolecular Hbond substituents is 1. The molecule has 0 unspecified atom stereocenters. The summed E-state index contributed by atoms with van der Waals surface area (Å²) in [6.45, 7) is 2.69. The van der Waals surface area contributed by atoms with E-state index in [2.05, 4.69) is 26.3 Å². The number of anilines is 2. The molecule has 0 fully saturated rings. The van der Waals surface area contributed by atoms with E-state index in [4.69, 9.17) is 5.73 Å². The van der Waals surface area contributed by atoms with Crippen molar-refractivity contribution in [3.05, 3.63) is 47.3 Å². The number of nitriles is 1. The second-order valence-electron chi connectivity index (χ2n) is 6.03. The summed E-state index contributed by atoms with van der Waals surface area (Å²) >= 11 is 0. The molecule has 7 nitrogen and oxygen atoms in total. The van der Waals surface area contributed by atoms with Crippen molar-refractivity contribution in [2.45, 2.75) is 13.3 Å². The van der Waals surface area contributed by atoms with Gasteiger partial charge in [-0.05, 0) is 36.2 Å². The molecular formula is C19H16N6O. The molecule has 0 amide bonds.